The topological polar surface area (TPSA) is 132 Å². The maximum absolute atomic E-state index is 12.8. The van der Waals surface area contributed by atoms with Gasteiger partial charge < -0.3 is 9.73 Å². The summed E-state index contributed by atoms with van der Waals surface area (Å²) in [5, 5.41) is 6.98. The molecule has 0 radical (unpaired) electrons. The van der Waals surface area contributed by atoms with Crippen LogP contribution < -0.4 is 11.1 Å². The minimum absolute atomic E-state index is 0.0550. The van der Waals surface area contributed by atoms with Crippen molar-refractivity contribution in [1.29, 1.82) is 0 Å². The Morgan fingerprint density at radius 2 is 1.94 bits per heavy atom. The van der Waals surface area contributed by atoms with Crippen LogP contribution in [0.5, 0.6) is 0 Å². The molecule has 1 fully saturated rings. The smallest absolute Gasteiger partial charge is 0.408 e. The van der Waals surface area contributed by atoms with Crippen LogP contribution in [0.3, 0.4) is 0 Å². The van der Waals surface area contributed by atoms with Gasteiger partial charge in [0.2, 0.25) is 15.9 Å². The average molecular weight is 497 g/mol. The molecule has 11 nitrogen and oxygen atoms in total. The zero-order valence-electron chi connectivity index (χ0n) is 18.8. The monoisotopic (exact) mass is 496 g/mol. The van der Waals surface area contributed by atoms with E-state index in [1.54, 1.807) is 41.5 Å². The Morgan fingerprint density at radius 1 is 1.11 bits per heavy atom. The number of aromatic nitrogens is 4. The van der Waals surface area contributed by atoms with Gasteiger partial charge in [-0.2, -0.15) is 9.40 Å². The molecule has 5 rings (SSSR count). The van der Waals surface area contributed by atoms with E-state index in [1.165, 1.54) is 21.0 Å². The Labute approximate surface area is 201 Å². The fourth-order valence-electron chi connectivity index (χ4n) is 4.10. The molecule has 0 aliphatic carbocycles. The third-order valence-electron chi connectivity index (χ3n) is 5.94. The van der Waals surface area contributed by atoms with Crippen molar-refractivity contribution in [1.82, 2.24) is 29.0 Å². The largest absolute Gasteiger partial charge is 0.419 e. The van der Waals surface area contributed by atoms with E-state index in [0.29, 0.717) is 31.0 Å². The van der Waals surface area contributed by atoms with Crippen molar-refractivity contribution in [3.05, 3.63) is 71.1 Å². The van der Waals surface area contributed by atoms with Crippen molar-refractivity contribution < 1.29 is 17.6 Å². The van der Waals surface area contributed by atoms with Gasteiger partial charge in [0.25, 0.3) is 0 Å². The van der Waals surface area contributed by atoms with Gasteiger partial charge in [0.05, 0.1) is 10.4 Å². The van der Waals surface area contributed by atoms with E-state index in [4.69, 9.17) is 4.42 Å². The number of nitrogens with one attached hydrogen (secondary N) is 1. The molecule has 1 aliphatic heterocycles. The molecule has 0 unspecified atom stereocenters. The Balaban J connectivity index is 1.24. The molecular weight excluding hydrogens is 472 g/mol. The van der Waals surface area contributed by atoms with E-state index < -0.39 is 15.8 Å². The van der Waals surface area contributed by atoms with E-state index in [2.05, 4.69) is 15.4 Å². The Hall–Kier alpha value is -3.77. The average Bonchev–Trinajstić information content (AvgIpc) is 3.63. The zero-order chi connectivity index (χ0) is 24.4. The highest BCUT2D eigenvalue weighted by molar-refractivity contribution is 7.89. The van der Waals surface area contributed by atoms with Crippen molar-refractivity contribution in [2.75, 3.05) is 13.1 Å². The van der Waals surface area contributed by atoms with Gasteiger partial charge >= 0.3 is 5.76 Å². The predicted octanol–water partition coefficient (Wildman–Crippen LogP) is 1.67. The summed E-state index contributed by atoms with van der Waals surface area (Å²) in [5.41, 5.74) is 1.48. The Morgan fingerprint density at radius 3 is 2.71 bits per heavy atom. The first-order valence-electron chi connectivity index (χ1n) is 11.3. The van der Waals surface area contributed by atoms with Crippen molar-refractivity contribution in [3.63, 3.8) is 0 Å². The summed E-state index contributed by atoms with van der Waals surface area (Å²) in [4.78, 5) is 29.2. The highest BCUT2D eigenvalue weighted by atomic mass is 32.2. The molecule has 182 valence electrons. The second kappa shape index (κ2) is 9.47. The maximum atomic E-state index is 12.8. The number of carbonyl (C=O) groups excluding carboxylic acids is 1. The third-order valence-corrected chi connectivity index (χ3v) is 7.84. The molecule has 3 aromatic heterocycles. The molecule has 35 heavy (non-hydrogen) atoms. The molecular formula is C23H24N6O5S. The summed E-state index contributed by atoms with van der Waals surface area (Å²) >= 11 is 0. The number of amides is 1. The summed E-state index contributed by atoms with van der Waals surface area (Å²) in [6.07, 6.45) is 6.81. The number of rotatable bonds is 8. The van der Waals surface area contributed by atoms with E-state index in [-0.39, 0.29) is 29.4 Å². The SMILES string of the molecule is O=C(CCn1c(=O)oc2cc(S(=O)(=O)N3CCCC3)ccc21)NCc1ccnc(-n2cccn2)c1. The Kier molecular flexibility index (Phi) is 6.22. The molecule has 0 saturated carbocycles. The highest BCUT2D eigenvalue weighted by Gasteiger charge is 2.28. The number of oxazole rings is 1. The first-order chi connectivity index (χ1) is 16.9. The predicted molar refractivity (Wildman–Crippen MR) is 126 cm³/mol. The van der Waals surface area contributed by atoms with Crippen LogP contribution in [0.15, 0.2) is 69.1 Å². The molecule has 1 amide bonds. The standard InChI is InChI=1S/C23H24N6O5S/c30-22(25-16-17-6-9-24-21(14-17)29-12-3-8-26-29)7-13-28-19-5-4-18(15-20(19)34-23(28)31)35(32,33)27-10-1-2-11-27/h3-6,8-9,12,14-15H,1-2,7,10-11,13,16H2,(H,25,30). The first kappa shape index (κ1) is 23.0. The number of benzene rings is 1. The van der Waals surface area contributed by atoms with Crippen LogP contribution in [0.4, 0.5) is 0 Å². The lowest BCUT2D eigenvalue weighted by Gasteiger charge is -2.15. The summed E-state index contributed by atoms with van der Waals surface area (Å²) in [5.74, 6) is -0.234. The minimum atomic E-state index is -3.62. The lowest BCUT2D eigenvalue weighted by atomic mass is 10.2. The van der Waals surface area contributed by atoms with Crippen LogP contribution in [0, 0.1) is 0 Å². The van der Waals surface area contributed by atoms with Gasteiger partial charge in [-0.25, -0.2) is 22.9 Å². The zero-order valence-corrected chi connectivity index (χ0v) is 19.6. The Bertz CT molecular complexity index is 1520. The molecule has 12 heteroatoms. The summed E-state index contributed by atoms with van der Waals surface area (Å²) < 4.78 is 35.3. The van der Waals surface area contributed by atoms with E-state index >= 15 is 0 Å². The van der Waals surface area contributed by atoms with Gasteiger partial charge in [-0.15, -0.1) is 0 Å². The van der Waals surface area contributed by atoms with Crippen molar-refractivity contribution in [2.24, 2.45) is 0 Å². The molecule has 1 aliphatic rings. The van der Waals surface area contributed by atoms with E-state index in [1.807, 2.05) is 6.07 Å². The van der Waals surface area contributed by atoms with Crippen LogP contribution in [0.1, 0.15) is 24.8 Å². The molecule has 1 aromatic carbocycles. The normalized spacial score (nSPS) is 14.5. The number of hydrogen-bond donors (Lipinski definition) is 1. The van der Waals surface area contributed by atoms with Gasteiger partial charge in [0.15, 0.2) is 11.4 Å². The number of hydrogen-bond acceptors (Lipinski definition) is 7. The fourth-order valence-corrected chi connectivity index (χ4v) is 5.63. The number of pyridine rings is 1. The number of nitrogens with zero attached hydrogens (tertiary/aromatic N) is 5. The number of fused-ring (bicyclic) bond motifs is 1. The molecule has 0 bridgehead atoms. The van der Waals surface area contributed by atoms with Gasteiger partial charge in [-0.1, -0.05) is 0 Å². The van der Waals surface area contributed by atoms with Crippen molar-refractivity contribution in [3.8, 4) is 5.82 Å². The lowest BCUT2D eigenvalue weighted by molar-refractivity contribution is -0.121. The molecule has 1 N–H and O–H groups in total. The lowest BCUT2D eigenvalue weighted by Crippen LogP contribution is -2.27. The van der Waals surface area contributed by atoms with E-state index in [9.17, 15) is 18.0 Å². The van der Waals surface area contributed by atoms with Crippen LogP contribution in [-0.2, 0) is 27.9 Å². The molecule has 4 aromatic rings. The summed E-state index contributed by atoms with van der Waals surface area (Å²) in [7, 11) is -3.62. The van der Waals surface area contributed by atoms with Gasteiger partial charge in [0, 0.05) is 57.3 Å². The van der Waals surface area contributed by atoms with E-state index in [0.717, 1.165) is 18.4 Å². The summed E-state index contributed by atoms with van der Waals surface area (Å²) in [6.45, 7) is 1.38. The summed E-state index contributed by atoms with van der Waals surface area (Å²) in [6, 6.07) is 9.83. The maximum Gasteiger partial charge on any atom is 0.419 e. The minimum Gasteiger partial charge on any atom is -0.408 e. The second-order valence-corrected chi connectivity index (χ2v) is 10.2. The van der Waals surface area contributed by atoms with Crippen LogP contribution in [0.2, 0.25) is 0 Å². The molecule has 4 heterocycles. The molecule has 0 atom stereocenters. The van der Waals surface area contributed by atoms with Crippen LogP contribution in [-0.4, -0.2) is 51.1 Å². The number of aryl methyl sites for hydroxylation is 1. The third kappa shape index (κ3) is 4.75. The highest BCUT2D eigenvalue weighted by Crippen LogP contribution is 2.24. The van der Waals surface area contributed by atoms with Crippen molar-refractivity contribution >= 4 is 27.0 Å². The quantitative estimate of drug-likeness (QED) is 0.392. The van der Waals surface area contributed by atoms with Crippen molar-refractivity contribution in [2.45, 2.75) is 37.2 Å². The first-order valence-corrected chi connectivity index (χ1v) is 12.7. The van der Waals surface area contributed by atoms with Gasteiger partial charge in [-0.3, -0.25) is 9.36 Å². The van der Waals surface area contributed by atoms with Crippen LogP contribution in [0.25, 0.3) is 16.9 Å². The van der Waals surface area contributed by atoms with Gasteiger partial charge in [-0.05, 0) is 48.7 Å². The van der Waals surface area contributed by atoms with Crippen LogP contribution >= 0.6 is 0 Å². The number of carbonyl (C=O) groups is 1. The second-order valence-electron chi connectivity index (χ2n) is 8.26. The molecule has 0 spiro atoms. The van der Waals surface area contributed by atoms with Gasteiger partial charge in [0.1, 0.15) is 0 Å². The number of sulfonamides is 1. The fraction of sp³-hybridized carbons (Fsp3) is 0.304. The molecule has 1 saturated heterocycles.